The van der Waals surface area contributed by atoms with Crippen LogP contribution in [0.25, 0.3) is 22.1 Å². The number of hydrogen-bond acceptors (Lipinski definition) is 2. The molecule has 0 aliphatic rings. The smallest absolute Gasteiger partial charge is 0.307 e. The van der Waals surface area contributed by atoms with E-state index in [0.717, 1.165) is 22.1 Å². The van der Waals surface area contributed by atoms with Gasteiger partial charge in [0.1, 0.15) is 5.58 Å². The highest BCUT2D eigenvalue weighted by Crippen LogP contribution is 2.39. The predicted octanol–water partition coefficient (Wildman–Crippen LogP) is 4.49. The van der Waals surface area contributed by atoms with Crippen molar-refractivity contribution in [2.75, 3.05) is 0 Å². The van der Waals surface area contributed by atoms with Gasteiger partial charge in [0, 0.05) is 10.9 Å². The van der Waals surface area contributed by atoms with Crippen molar-refractivity contribution in [3.05, 3.63) is 58.8 Å². The fourth-order valence-electron chi connectivity index (χ4n) is 2.36. The lowest BCUT2D eigenvalue weighted by atomic mass is 9.99. The number of carboxylic acids is 1. The van der Waals surface area contributed by atoms with Gasteiger partial charge in [0.05, 0.1) is 6.42 Å². The Kier molecular flexibility index (Phi) is 3.32. The van der Waals surface area contributed by atoms with Crippen molar-refractivity contribution in [3.63, 3.8) is 0 Å². The highest BCUT2D eigenvalue weighted by Gasteiger charge is 2.18. The Hall–Kier alpha value is -2.07. The van der Waals surface area contributed by atoms with Crippen molar-refractivity contribution >= 4 is 32.9 Å². The second-order valence-corrected chi connectivity index (χ2v) is 5.20. The Morgan fingerprint density at radius 3 is 2.55 bits per heavy atom. The topological polar surface area (TPSA) is 50.4 Å². The first-order valence-electron chi connectivity index (χ1n) is 6.14. The van der Waals surface area contributed by atoms with Crippen molar-refractivity contribution in [1.29, 1.82) is 0 Å². The summed E-state index contributed by atoms with van der Waals surface area (Å²) < 4.78 is 6.32. The standard InChI is InChI=1S/C16H11BrO3/c17-16-15(10-5-2-1-3-6-10)14-11(9-13(18)19)7-4-8-12(14)20-16/h1-8H,9H2,(H,18,19). The molecule has 3 nitrogen and oxygen atoms in total. The molecule has 0 atom stereocenters. The van der Waals surface area contributed by atoms with E-state index in [2.05, 4.69) is 15.9 Å². The first kappa shape index (κ1) is 12.9. The molecule has 100 valence electrons. The molecule has 0 unspecified atom stereocenters. The maximum Gasteiger partial charge on any atom is 0.307 e. The molecule has 0 saturated carbocycles. The summed E-state index contributed by atoms with van der Waals surface area (Å²) in [5.41, 5.74) is 3.34. The molecule has 3 rings (SSSR count). The van der Waals surface area contributed by atoms with E-state index >= 15 is 0 Å². The summed E-state index contributed by atoms with van der Waals surface area (Å²) in [6.45, 7) is 0. The van der Waals surface area contributed by atoms with Crippen molar-refractivity contribution in [1.82, 2.24) is 0 Å². The molecule has 3 aromatic rings. The van der Waals surface area contributed by atoms with Gasteiger partial charge in [-0.3, -0.25) is 4.79 Å². The van der Waals surface area contributed by atoms with E-state index in [1.165, 1.54) is 0 Å². The molecular weight excluding hydrogens is 320 g/mol. The van der Waals surface area contributed by atoms with Gasteiger partial charge in [-0.25, -0.2) is 0 Å². The summed E-state index contributed by atoms with van der Waals surface area (Å²) in [7, 11) is 0. The Labute approximate surface area is 124 Å². The van der Waals surface area contributed by atoms with Gasteiger partial charge in [-0.15, -0.1) is 0 Å². The minimum atomic E-state index is -0.853. The molecule has 0 radical (unpaired) electrons. The van der Waals surface area contributed by atoms with Crippen LogP contribution in [0.2, 0.25) is 0 Å². The summed E-state index contributed by atoms with van der Waals surface area (Å²) >= 11 is 3.43. The third kappa shape index (κ3) is 2.23. The van der Waals surface area contributed by atoms with Crippen LogP contribution in [0, 0.1) is 0 Å². The largest absolute Gasteiger partial charge is 0.481 e. The minimum Gasteiger partial charge on any atom is -0.481 e. The average molecular weight is 331 g/mol. The minimum absolute atomic E-state index is 0.0247. The Balaban J connectivity index is 2.31. The number of halogens is 1. The van der Waals surface area contributed by atoms with E-state index in [1.54, 1.807) is 0 Å². The summed E-state index contributed by atoms with van der Waals surface area (Å²) in [4.78, 5) is 11.0. The Morgan fingerprint density at radius 1 is 1.10 bits per heavy atom. The molecule has 4 heteroatoms. The van der Waals surface area contributed by atoms with E-state index in [1.807, 2.05) is 48.5 Å². The van der Waals surface area contributed by atoms with Crippen LogP contribution in [0.1, 0.15) is 5.56 Å². The lowest BCUT2D eigenvalue weighted by molar-refractivity contribution is -0.136. The van der Waals surface area contributed by atoms with Crippen molar-refractivity contribution in [2.24, 2.45) is 0 Å². The van der Waals surface area contributed by atoms with Crippen LogP contribution in [0.3, 0.4) is 0 Å². The van der Waals surface area contributed by atoms with Gasteiger partial charge in [0.2, 0.25) is 0 Å². The van der Waals surface area contributed by atoms with Gasteiger partial charge in [0.15, 0.2) is 4.67 Å². The maximum atomic E-state index is 11.0. The van der Waals surface area contributed by atoms with Crippen LogP contribution in [-0.2, 0) is 11.2 Å². The van der Waals surface area contributed by atoms with Crippen LogP contribution in [0.15, 0.2) is 57.6 Å². The van der Waals surface area contributed by atoms with Crippen LogP contribution < -0.4 is 0 Å². The van der Waals surface area contributed by atoms with Crippen LogP contribution in [0.4, 0.5) is 0 Å². The number of carboxylic acid groups (broad SMARTS) is 1. The second kappa shape index (κ2) is 5.13. The average Bonchev–Trinajstić information content (AvgIpc) is 2.76. The lowest BCUT2D eigenvalue weighted by Gasteiger charge is -2.03. The number of benzene rings is 2. The fourth-order valence-corrected chi connectivity index (χ4v) is 2.97. The molecule has 1 N–H and O–H groups in total. The number of carbonyl (C=O) groups is 1. The number of fused-ring (bicyclic) bond motifs is 1. The first-order valence-corrected chi connectivity index (χ1v) is 6.93. The molecule has 1 heterocycles. The van der Waals surface area contributed by atoms with Crippen molar-refractivity contribution in [3.8, 4) is 11.1 Å². The zero-order chi connectivity index (χ0) is 14.1. The number of hydrogen-bond donors (Lipinski definition) is 1. The third-order valence-electron chi connectivity index (χ3n) is 3.16. The molecule has 20 heavy (non-hydrogen) atoms. The third-order valence-corrected chi connectivity index (χ3v) is 3.72. The summed E-state index contributed by atoms with van der Waals surface area (Å²) in [6.07, 6.45) is -0.0247. The monoisotopic (exact) mass is 330 g/mol. The number of furan rings is 1. The fraction of sp³-hybridized carbons (Fsp3) is 0.0625. The van der Waals surface area contributed by atoms with E-state index in [-0.39, 0.29) is 6.42 Å². The van der Waals surface area contributed by atoms with Crippen molar-refractivity contribution in [2.45, 2.75) is 6.42 Å². The SMILES string of the molecule is O=C(O)Cc1cccc2oc(Br)c(-c3ccccc3)c12. The quantitative estimate of drug-likeness (QED) is 0.769. The van der Waals surface area contributed by atoms with Crippen LogP contribution in [-0.4, -0.2) is 11.1 Å². The lowest BCUT2D eigenvalue weighted by Crippen LogP contribution is -2.00. The van der Waals surface area contributed by atoms with Gasteiger partial charge >= 0.3 is 5.97 Å². The summed E-state index contributed by atoms with van der Waals surface area (Å²) in [6, 6.07) is 15.3. The summed E-state index contributed by atoms with van der Waals surface area (Å²) in [5.74, 6) is -0.853. The van der Waals surface area contributed by atoms with Gasteiger partial charge in [-0.2, -0.15) is 0 Å². The van der Waals surface area contributed by atoms with E-state index in [4.69, 9.17) is 9.52 Å². The second-order valence-electron chi connectivity index (χ2n) is 4.48. The molecule has 0 bridgehead atoms. The zero-order valence-corrected chi connectivity index (χ0v) is 12.1. The molecule has 0 spiro atoms. The molecular formula is C16H11BrO3. The van der Waals surface area contributed by atoms with Gasteiger partial charge in [-0.05, 0) is 33.1 Å². The van der Waals surface area contributed by atoms with Crippen molar-refractivity contribution < 1.29 is 14.3 Å². The van der Waals surface area contributed by atoms with Gasteiger partial charge < -0.3 is 9.52 Å². The molecule has 0 aliphatic carbocycles. The predicted molar refractivity (Wildman–Crippen MR) is 80.7 cm³/mol. The van der Waals surface area contributed by atoms with E-state index < -0.39 is 5.97 Å². The van der Waals surface area contributed by atoms with Crippen LogP contribution >= 0.6 is 15.9 Å². The zero-order valence-electron chi connectivity index (χ0n) is 10.5. The molecule has 0 saturated heterocycles. The molecule has 2 aromatic carbocycles. The number of aliphatic carboxylic acids is 1. The Bertz CT molecular complexity index is 775. The highest BCUT2D eigenvalue weighted by molar-refractivity contribution is 9.10. The summed E-state index contributed by atoms with van der Waals surface area (Å²) in [5, 5.41) is 9.91. The van der Waals surface area contributed by atoms with E-state index in [9.17, 15) is 4.79 Å². The molecule has 0 amide bonds. The van der Waals surface area contributed by atoms with Gasteiger partial charge in [0.25, 0.3) is 0 Å². The number of rotatable bonds is 3. The molecule has 0 aliphatic heterocycles. The first-order chi connectivity index (χ1) is 9.66. The van der Waals surface area contributed by atoms with E-state index in [0.29, 0.717) is 10.3 Å². The molecule has 1 aromatic heterocycles. The van der Waals surface area contributed by atoms with Crippen LogP contribution in [0.5, 0.6) is 0 Å². The van der Waals surface area contributed by atoms with Gasteiger partial charge in [-0.1, -0.05) is 42.5 Å². The molecule has 0 fully saturated rings. The maximum absolute atomic E-state index is 11.0. The normalized spacial score (nSPS) is 10.8. The Morgan fingerprint density at radius 2 is 1.85 bits per heavy atom. The highest BCUT2D eigenvalue weighted by atomic mass is 79.9.